The molecular formula is C11H11N3O2. The molecule has 5 heteroatoms. The second kappa shape index (κ2) is 5.51. The molecule has 2 amide bonds. The summed E-state index contributed by atoms with van der Waals surface area (Å²) in [7, 11) is 1.51. The molecule has 5 nitrogen and oxygen atoms in total. The topological polar surface area (TPSA) is 82.0 Å². The average Bonchev–Trinajstić information content (AvgIpc) is 2.29. The number of carbonyl (C=O) groups excluding carboxylic acids is 2. The fourth-order valence-electron chi connectivity index (χ4n) is 1.19. The molecule has 0 atom stereocenters. The zero-order chi connectivity index (χ0) is 12.0. The number of carbonyl (C=O) groups is 2. The van der Waals surface area contributed by atoms with Gasteiger partial charge in [0.05, 0.1) is 17.3 Å². The van der Waals surface area contributed by atoms with Crippen molar-refractivity contribution in [2.75, 3.05) is 12.4 Å². The average molecular weight is 217 g/mol. The van der Waals surface area contributed by atoms with Crippen molar-refractivity contribution in [2.24, 2.45) is 0 Å². The molecule has 0 aliphatic rings. The van der Waals surface area contributed by atoms with Crippen LogP contribution in [0.25, 0.3) is 0 Å². The van der Waals surface area contributed by atoms with Gasteiger partial charge in [0, 0.05) is 7.05 Å². The Bertz CT molecular complexity index is 449. The lowest BCUT2D eigenvalue weighted by molar-refractivity contribution is -0.115. The van der Waals surface area contributed by atoms with E-state index >= 15 is 0 Å². The lowest BCUT2D eigenvalue weighted by atomic mass is 10.1. The predicted molar refractivity (Wildman–Crippen MR) is 58.7 cm³/mol. The molecule has 0 aliphatic carbocycles. The van der Waals surface area contributed by atoms with Gasteiger partial charge in [0.25, 0.3) is 5.91 Å². The van der Waals surface area contributed by atoms with Gasteiger partial charge in [0.1, 0.15) is 6.42 Å². The Labute approximate surface area is 93.1 Å². The highest BCUT2D eigenvalue weighted by Crippen LogP contribution is 2.14. The van der Waals surface area contributed by atoms with Crippen LogP contribution < -0.4 is 10.6 Å². The van der Waals surface area contributed by atoms with E-state index in [0.29, 0.717) is 11.3 Å². The largest absolute Gasteiger partial charge is 0.355 e. The van der Waals surface area contributed by atoms with Gasteiger partial charge in [0.2, 0.25) is 5.91 Å². The maximum Gasteiger partial charge on any atom is 0.253 e. The van der Waals surface area contributed by atoms with Crippen molar-refractivity contribution in [3.8, 4) is 6.07 Å². The molecule has 0 fully saturated rings. The van der Waals surface area contributed by atoms with Gasteiger partial charge < -0.3 is 10.6 Å². The molecule has 0 bridgehead atoms. The third-order valence-corrected chi connectivity index (χ3v) is 1.91. The zero-order valence-corrected chi connectivity index (χ0v) is 8.78. The monoisotopic (exact) mass is 217 g/mol. The van der Waals surface area contributed by atoms with Crippen LogP contribution in [0.4, 0.5) is 5.69 Å². The summed E-state index contributed by atoms with van der Waals surface area (Å²) in [6.07, 6.45) is -0.234. The molecular weight excluding hydrogens is 206 g/mol. The summed E-state index contributed by atoms with van der Waals surface area (Å²) >= 11 is 0. The maximum atomic E-state index is 11.4. The van der Waals surface area contributed by atoms with E-state index in [1.54, 1.807) is 30.3 Å². The molecule has 0 aliphatic heterocycles. The van der Waals surface area contributed by atoms with E-state index in [2.05, 4.69) is 10.6 Å². The number of para-hydroxylation sites is 1. The molecule has 0 aromatic heterocycles. The molecule has 1 aromatic carbocycles. The third-order valence-electron chi connectivity index (χ3n) is 1.91. The Kier molecular flexibility index (Phi) is 4.04. The minimum Gasteiger partial charge on any atom is -0.355 e. The third kappa shape index (κ3) is 2.82. The standard InChI is InChI=1S/C11H11N3O2/c1-13-11(16)8-4-2-3-5-9(8)14-10(15)6-7-12/h2-5H,6H2,1H3,(H,13,16)(H,14,15). The van der Waals surface area contributed by atoms with Crippen molar-refractivity contribution in [1.82, 2.24) is 5.32 Å². The summed E-state index contributed by atoms with van der Waals surface area (Å²) in [4.78, 5) is 22.7. The molecule has 0 radical (unpaired) electrons. The molecule has 16 heavy (non-hydrogen) atoms. The molecule has 82 valence electrons. The van der Waals surface area contributed by atoms with Gasteiger partial charge in [-0.2, -0.15) is 5.26 Å². The molecule has 0 saturated heterocycles. The van der Waals surface area contributed by atoms with Crippen LogP contribution in [-0.2, 0) is 4.79 Å². The Morgan fingerprint density at radius 3 is 2.69 bits per heavy atom. The van der Waals surface area contributed by atoms with Crippen molar-refractivity contribution in [3.63, 3.8) is 0 Å². The second-order valence-corrected chi connectivity index (χ2v) is 3.01. The van der Waals surface area contributed by atoms with Crippen LogP contribution in [-0.4, -0.2) is 18.9 Å². The fourth-order valence-corrected chi connectivity index (χ4v) is 1.19. The lowest BCUT2D eigenvalue weighted by Crippen LogP contribution is -2.21. The summed E-state index contributed by atoms with van der Waals surface area (Å²) in [6, 6.07) is 8.35. The Morgan fingerprint density at radius 2 is 2.06 bits per heavy atom. The highest BCUT2D eigenvalue weighted by atomic mass is 16.2. The van der Waals surface area contributed by atoms with Crippen LogP contribution >= 0.6 is 0 Å². The van der Waals surface area contributed by atoms with Crippen LogP contribution in [0, 0.1) is 11.3 Å². The number of amides is 2. The predicted octanol–water partition coefficient (Wildman–Crippen LogP) is 0.898. The number of nitrogens with zero attached hydrogens (tertiary/aromatic N) is 1. The van der Waals surface area contributed by atoms with E-state index in [1.807, 2.05) is 0 Å². The van der Waals surface area contributed by atoms with Gasteiger partial charge in [-0.25, -0.2) is 0 Å². The van der Waals surface area contributed by atoms with E-state index in [1.165, 1.54) is 7.05 Å². The van der Waals surface area contributed by atoms with E-state index in [4.69, 9.17) is 5.26 Å². The first-order chi connectivity index (χ1) is 7.69. The number of anilines is 1. The second-order valence-electron chi connectivity index (χ2n) is 3.01. The first-order valence-electron chi connectivity index (χ1n) is 4.67. The SMILES string of the molecule is CNC(=O)c1ccccc1NC(=O)CC#N. The van der Waals surface area contributed by atoms with Gasteiger partial charge in [-0.15, -0.1) is 0 Å². The quantitative estimate of drug-likeness (QED) is 0.789. The first-order valence-corrected chi connectivity index (χ1v) is 4.67. The first kappa shape index (κ1) is 11.7. The normalized spacial score (nSPS) is 9.00. The number of hydrogen-bond acceptors (Lipinski definition) is 3. The van der Waals surface area contributed by atoms with Crippen LogP contribution in [0.3, 0.4) is 0 Å². The summed E-state index contributed by atoms with van der Waals surface area (Å²) in [5, 5.41) is 13.3. The highest BCUT2D eigenvalue weighted by molar-refractivity contribution is 6.03. The molecule has 0 unspecified atom stereocenters. The van der Waals surface area contributed by atoms with Crippen LogP contribution in [0.5, 0.6) is 0 Å². The molecule has 1 rings (SSSR count). The smallest absolute Gasteiger partial charge is 0.253 e. The Balaban J connectivity index is 2.92. The summed E-state index contributed by atoms with van der Waals surface area (Å²) < 4.78 is 0. The number of benzene rings is 1. The van der Waals surface area contributed by atoms with Gasteiger partial charge >= 0.3 is 0 Å². The van der Waals surface area contributed by atoms with Crippen molar-refractivity contribution in [2.45, 2.75) is 6.42 Å². The van der Waals surface area contributed by atoms with Crippen LogP contribution in [0.15, 0.2) is 24.3 Å². The van der Waals surface area contributed by atoms with E-state index in [-0.39, 0.29) is 12.3 Å². The van der Waals surface area contributed by atoms with Gasteiger partial charge in [-0.1, -0.05) is 12.1 Å². The number of rotatable bonds is 3. The maximum absolute atomic E-state index is 11.4. The molecule has 1 aromatic rings. The number of hydrogen-bond donors (Lipinski definition) is 2. The summed E-state index contributed by atoms with van der Waals surface area (Å²) in [5.41, 5.74) is 0.776. The van der Waals surface area contributed by atoms with Gasteiger partial charge in [-0.3, -0.25) is 9.59 Å². The van der Waals surface area contributed by atoms with E-state index < -0.39 is 5.91 Å². The Morgan fingerprint density at radius 1 is 1.38 bits per heavy atom. The van der Waals surface area contributed by atoms with Crippen molar-refractivity contribution >= 4 is 17.5 Å². The molecule has 0 spiro atoms. The van der Waals surface area contributed by atoms with Crippen LogP contribution in [0.1, 0.15) is 16.8 Å². The summed E-state index contributed by atoms with van der Waals surface area (Å²) in [5.74, 6) is -0.716. The van der Waals surface area contributed by atoms with E-state index in [0.717, 1.165) is 0 Å². The highest BCUT2D eigenvalue weighted by Gasteiger charge is 2.10. The van der Waals surface area contributed by atoms with Crippen molar-refractivity contribution in [1.29, 1.82) is 5.26 Å². The minimum atomic E-state index is -0.432. The van der Waals surface area contributed by atoms with Crippen LogP contribution in [0.2, 0.25) is 0 Å². The Hall–Kier alpha value is -2.35. The number of nitrogens with one attached hydrogen (secondary N) is 2. The zero-order valence-electron chi connectivity index (χ0n) is 8.78. The molecule has 0 heterocycles. The van der Waals surface area contributed by atoms with Crippen molar-refractivity contribution in [3.05, 3.63) is 29.8 Å². The fraction of sp³-hybridized carbons (Fsp3) is 0.182. The van der Waals surface area contributed by atoms with Gasteiger partial charge in [-0.05, 0) is 12.1 Å². The molecule has 2 N–H and O–H groups in total. The minimum absolute atomic E-state index is 0.234. The lowest BCUT2D eigenvalue weighted by Gasteiger charge is -2.08. The van der Waals surface area contributed by atoms with Gasteiger partial charge in [0.15, 0.2) is 0 Å². The molecule has 0 saturated carbocycles. The summed E-state index contributed by atoms with van der Waals surface area (Å²) in [6.45, 7) is 0. The van der Waals surface area contributed by atoms with E-state index in [9.17, 15) is 9.59 Å². The van der Waals surface area contributed by atoms with Crippen molar-refractivity contribution < 1.29 is 9.59 Å². The number of nitriles is 1.